The molecule has 0 spiro atoms. The van der Waals surface area contributed by atoms with Crippen molar-refractivity contribution in [2.45, 2.75) is 12.8 Å². The van der Waals surface area contributed by atoms with Crippen LogP contribution >= 0.6 is 23.2 Å². The number of anilines is 1. The monoisotopic (exact) mass is 372 g/mol. The standard InChI is InChI=1S/C16H10Cl2N6O/c17-9-3-7(5-19)4-10(18)11(9)13-22-12-14(23-13)20-6-21-15(12)24-16(25)8-1-2-8/h3-4,6,8H,1-2H2,(H2,20,21,22,23,24,25). The Morgan fingerprint density at radius 3 is 2.64 bits per heavy atom. The number of amides is 1. The van der Waals surface area contributed by atoms with E-state index in [4.69, 9.17) is 28.5 Å². The van der Waals surface area contributed by atoms with Gasteiger partial charge in [0.2, 0.25) is 5.91 Å². The third kappa shape index (κ3) is 2.90. The van der Waals surface area contributed by atoms with E-state index >= 15 is 0 Å². The molecule has 0 saturated heterocycles. The summed E-state index contributed by atoms with van der Waals surface area (Å²) in [5, 5.41) is 12.4. The van der Waals surface area contributed by atoms with Crippen LogP contribution in [-0.2, 0) is 4.79 Å². The van der Waals surface area contributed by atoms with Crippen LogP contribution < -0.4 is 5.32 Å². The summed E-state index contributed by atoms with van der Waals surface area (Å²) in [5.74, 6) is 0.735. The van der Waals surface area contributed by atoms with Gasteiger partial charge < -0.3 is 10.3 Å². The summed E-state index contributed by atoms with van der Waals surface area (Å²) in [6.07, 6.45) is 3.12. The molecule has 7 nitrogen and oxygen atoms in total. The van der Waals surface area contributed by atoms with Crippen LogP contribution in [0.1, 0.15) is 18.4 Å². The van der Waals surface area contributed by atoms with Crippen molar-refractivity contribution in [3.8, 4) is 17.5 Å². The van der Waals surface area contributed by atoms with Crippen LogP contribution in [0.25, 0.3) is 22.6 Å². The summed E-state index contributed by atoms with van der Waals surface area (Å²) in [6, 6.07) is 5.01. The molecule has 2 aromatic heterocycles. The summed E-state index contributed by atoms with van der Waals surface area (Å²) >= 11 is 12.5. The lowest BCUT2D eigenvalue weighted by molar-refractivity contribution is -0.117. The van der Waals surface area contributed by atoms with E-state index in [0.29, 0.717) is 44.0 Å². The molecule has 1 fully saturated rings. The molecule has 2 N–H and O–H groups in total. The van der Waals surface area contributed by atoms with Crippen LogP contribution in [0.5, 0.6) is 0 Å². The zero-order chi connectivity index (χ0) is 17.6. The number of aromatic nitrogens is 4. The maximum absolute atomic E-state index is 12.0. The number of imidazole rings is 1. The quantitative estimate of drug-likeness (QED) is 0.730. The van der Waals surface area contributed by atoms with E-state index in [1.807, 2.05) is 6.07 Å². The molecule has 4 rings (SSSR count). The molecule has 9 heteroatoms. The number of nitrogens with one attached hydrogen (secondary N) is 2. The molecule has 1 saturated carbocycles. The van der Waals surface area contributed by atoms with E-state index < -0.39 is 0 Å². The zero-order valence-corrected chi connectivity index (χ0v) is 14.2. The van der Waals surface area contributed by atoms with E-state index in [2.05, 4.69) is 25.3 Å². The highest BCUT2D eigenvalue weighted by atomic mass is 35.5. The zero-order valence-electron chi connectivity index (χ0n) is 12.7. The summed E-state index contributed by atoms with van der Waals surface area (Å²) in [6.45, 7) is 0. The van der Waals surface area contributed by atoms with Gasteiger partial charge in [-0.25, -0.2) is 15.0 Å². The van der Waals surface area contributed by atoms with Gasteiger partial charge >= 0.3 is 0 Å². The molecule has 0 radical (unpaired) electrons. The Morgan fingerprint density at radius 1 is 1.28 bits per heavy atom. The Labute approximate surface area is 152 Å². The summed E-state index contributed by atoms with van der Waals surface area (Å²) in [4.78, 5) is 27.7. The highest BCUT2D eigenvalue weighted by molar-refractivity contribution is 6.39. The normalized spacial score (nSPS) is 13.6. The van der Waals surface area contributed by atoms with Gasteiger partial charge in [0.05, 0.1) is 27.2 Å². The smallest absolute Gasteiger partial charge is 0.228 e. The maximum Gasteiger partial charge on any atom is 0.228 e. The minimum absolute atomic E-state index is 0.0508. The molecule has 0 aliphatic heterocycles. The second-order valence-electron chi connectivity index (χ2n) is 5.70. The van der Waals surface area contributed by atoms with E-state index in [0.717, 1.165) is 12.8 Å². The molecule has 1 amide bonds. The number of benzene rings is 1. The third-order valence-corrected chi connectivity index (χ3v) is 4.48. The van der Waals surface area contributed by atoms with E-state index in [1.165, 1.54) is 18.5 Å². The van der Waals surface area contributed by atoms with E-state index in [9.17, 15) is 4.79 Å². The Hall–Kier alpha value is -2.69. The van der Waals surface area contributed by atoms with Crippen molar-refractivity contribution in [1.82, 2.24) is 19.9 Å². The van der Waals surface area contributed by atoms with Crippen molar-refractivity contribution < 1.29 is 4.79 Å². The largest absolute Gasteiger partial charge is 0.333 e. The number of H-pyrrole nitrogens is 1. The summed E-state index contributed by atoms with van der Waals surface area (Å²) in [5.41, 5.74) is 1.68. The number of nitriles is 1. The van der Waals surface area contributed by atoms with E-state index in [-0.39, 0.29) is 11.8 Å². The van der Waals surface area contributed by atoms with Crippen molar-refractivity contribution in [2.75, 3.05) is 5.32 Å². The van der Waals surface area contributed by atoms with Crippen molar-refractivity contribution in [3.05, 3.63) is 34.1 Å². The molecule has 1 aliphatic rings. The molecular formula is C16H10Cl2N6O. The van der Waals surface area contributed by atoms with Gasteiger partial charge in [-0.1, -0.05) is 23.2 Å². The minimum atomic E-state index is -0.0643. The Kier molecular flexibility index (Phi) is 3.79. The van der Waals surface area contributed by atoms with Crippen LogP contribution in [0.4, 0.5) is 5.82 Å². The second-order valence-corrected chi connectivity index (χ2v) is 6.51. The second kappa shape index (κ2) is 5.99. The fraction of sp³-hybridized carbons (Fsp3) is 0.188. The molecule has 1 aliphatic carbocycles. The minimum Gasteiger partial charge on any atom is -0.333 e. The SMILES string of the molecule is N#Cc1cc(Cl)c(-c2nc3ncnc(NC(=O)C4CC4)c3[nH]2)c(Cl)c1. The average molecular weight is 373 g/mol. The fourth-order valence-electron chi connectivity index (χ4n) is 2.47. The number of hydrogen-bond acceptors (Lipinski definition) is 5. The first-order valence-corrected chi connectivity index (χ1v) is 8.23. The van der Waals surface area contributed by atoms with Crippen molar-refractivity contribution in [1.29, 1.82) is 5.26 Å². The predicted molar refractivity (Wildman–Crippen MR) is 93.2 cm³/mol. The highest BCUT2D eigenvalue weighted by Gasteiger charge is 2.30. The van der Waals surface area contributed by atoms with Gasteiger partial charge in [-0.2, -0.15) is 5.26 Å². The number of nitrogens with zero attached hydrogens (tertiary/aromatic N) is 4. The predicted octanol–water partition coefficient (Wildman–Crippen LogP) is 3.55. The molecule has 0 atom stereocenters. The molecule has 25 heavy (non-hydrogen) atoms. The van der Waals surface area contributed by atoms with Crippen molar-refractivity contribution >= 4 is 46.1 Å². The van der Waals surface area contributed by atoms with Crippen LogP contribution in [0.3, 0.4) is 0 Å². The summed E-state index contributed by atoms with van der Waals surface area (Å²) < 4.78 is 0. The number of fused-ring (bicyclic) bond motifs is 1. The molecule has 0 bridgehead atoms. The highest BCUT2D eigenvalue weighted by Crippen LogP contribution is 2.36. The molecule has 124 valence electrons. The lowest BCUT2D eigenvalue weighted by atomic mass is 10.1. The van der Waals surface area contributed by atoms with Gasteiger partial charge in [-0.3, -0.25) is 4.79 Å². The first kappa shape index (κ1) is 15.8. The van der Waals surface area contributed by atoms with Gasteiger partial charge in [-0.05, 0) is 25.0 Å². The fourth-order valence-corrected chi connectivity index (χ4v) is 3.14. The van der Waals surface area contributed by atoms with Crippen LogP contribution in [0, 0.1) is 17.2 Å². The molecule has 1 aromatic carbocycles. The first-order chi connectivity index (χ1) is 12.1. The average Bonchev–Trinajstić information content (AvgIpc) is 3.34. The molecular weight excluding hydrogens is 363 g/mol. The molecule has 2 heterocycles. The van der Waals surface area contributed by atoms with Crippen LogP contribution in [-0.4, -0.2) is 25.8 Å². The Balaban J connectivity index is 1.80. The lowest BCUT2D eigenvalue weighted by Gasteiger charge is -2.04. The molecule has 0 unspecified atom stereocenters. The topological polar surface area (TPSA) is 107 Å². The van der Waals surface area contributed by atoms with Gasteiger partial charge in [0.25, 0.3) is 0 Å². The number of carbonyl (C=O) groups is 1. The van der Waals surface area contributed by atoms with Gasteiger partial charge in [0, 0.05) is 5.92 Å². The van der Waals surface area contributed by atoms with Gasteiger partial charge in [0.1, 0.15) is 17.7 Å². The van der Waals surface area contributed by atoms with Gasteiger partial charge in [0.15, 0.2) is 11.5 Å². The van der Waals surface area contributed by atoms with E-state index in [1.54, 1.807) is 0 Å². The molecule has 3 aromatic rings. The van der Waals surface area contributed by atoms with Gasteiger partial charge in [-0.15, -0.1) is 0 Å². The lowest BCUT2D eigenvalue weighted by Crippen LogP contribution is -2.14. The first-order valence-electron chi connectivity index (χ1n) is 7.48. The van der Waals surface area contributed by atoms with Crippen LogP contribution in [0.2, 0.25) is 10.0 Å². The van der Waals surface area contributed by atoms with Crippen LogP contribution in [0.15, 0.2) is 18.5 Å². The third-order valence-electron chi connectivity index (χ3n) is 3.89. The number of rotatable bonds is 3. The number of hydrogen-bond donors (Lipinski definition) is 2. The maximum atomic E-state index is 12.0. The number of halogens is 2. The summed E-state index contributed by atoms with van der Waals surface area (Å²) in [7, 11) is 0. The number of carbonyl (C=O) groups excluding carboxylic acids is 1. The number of aromatic amines is 1. The Morgan fingerprint density at radius 2 is 2.00 bits per heavy atom. The Bertz CT molecular complexity index is 1030. The van der Waals surface area contributed by atoms with Crippen molar-refractivity contribution in [3.63, 3.8) is 0 Å². The van der Waals surface area contributed by atoms with Crippen molar-refractivity contribution in [2.24, 2.45) is 5.92 Å².